The minimum absolute atomic E-state index is 0.365. The zero-order chi connectivity index (χ0) is 11.9. The monoisotopic (exact) mass is 266 g/mol. The van der Waals surface area contributed by atoms with Gasteiger partial charge < -0.3 is 0 Å². The highest BCUT2D eigenvalue weighted by molar-refractivity contribution is 7.99. The molecule has 0 nitrogen and oxygen atoms in total. The molecule has 1 saturated carbocycles. The summed E-state index contributed by atoms with van der Waals surface area (Å²) in [6, 6.07) is 8.89. The SMILES string of the molecule is CC(CCl)(CC1CSc2ccccc21)C1CC1. The van der Waals surface area contributed by atoms with Crippen molar-refractivity contribution < 1.29 is 0 Å². The second kappa shape index (κ2) is 4.51. The molecule has 0 spiro atoms. The molecule has 1 fully saturated rings. The number of alkyl halides is 1. The molecule has 0 bridgehead atoms. The van der Waals surface area contributed by atoms with Crippen LogP contribution in [0.1, 0.15) is 37.7 Å². The van der Waals surface area contributed by atoms with Gasteiger partial charge in [0.05, 0.1) is 0 Å². The van der Waals surface area contributed by atoms with Gasteiger partial charge in [0, 0.05) is 16.5 Å². The predicted molar refractivity (Wildman–Crippen MR) is 76.1 cm³/mol. The predicted octanol–water partition coefficient (Wildman–Crippen LogP) is 4.92. The maximum Gasteiger partial charge on any atom is 0.0280 e. The van der Waals surface area contributed by atoms with E-state index in [-0.39, 0.29) is 0 Å². The van der Waals surface area contributed by atoms with Gasteiger partial charge >= 0.3 is 0 Å². The van der Waals surface area contributed by atoms with Crippen LogP contribution in [0, 0.1) is 11.3 Å². The Morgan fingerprint density at radius 1 is 1.35 bits per heavy atom. The molecular weight excluding hydrogens is 248 g/mol. The number of halogens is 1. The molecular formula is C15H19ClS. The maximum absolute atomic E-state index is 6.24. The van der Waals surface area contributed by atoms with E-state index < -0.39 is 0 Å². The lowest BCUT2D eigenvalue weighted by Gasteiger charge is -2.30. The number of thioether (sulfide) groups is 1. The van der Waals surface area contributed by atoms with Crippen molar-refractivity contribution in [2.24, 2.45) is 11.3 Å². The van der Waals surface area contributed by atoms with E-state index >= 15 is 0 Å². The molecule has 0 saturated heterocycles. The Bertz CT molecular complexity index is 413. The number of hydrogen-bond donors (Lipinski definition) is 0. The van der Waals surface area contributed by atoms with E-state index in [4.69, 9.17) is 11.6 Å². The van der Waals surface area contributed by atoms with Crippen LogP contribution in [-0.4, -0.2) is 11.6 Å². The van der Waals surface area contributed by atoms with Crippen molar-refractivity contribution in [2.45, 2.75) is 37.0 Å². The zero-order valence-electron chi connectivity index (χ0n) is 10.3. The third-order valence-electron chi connectivity index (χ3n) is 4.38. The largest absolute Gasteiger partial charge is 0.126 e. The van der Waals surface area contributed by atoms with Crippen LogP contribution >= 0.6 is 23.4 Å². The molecule has 1 aromatic rings. The van der Waals surface area contributed by atoms with Crippen LogP contribution in [0.4, 0.5) is 0 Å². The molecule has 92 valence electrons. The summed E-state index contributed by atoms with van der Waals surface area (Å²) in [6.07, 6.45) is 4.06. The number of benzene rings is 1. The third-order valence-corrected chi connectivity index (χ3v) is 6.24. The first kappa shape index (κ1) is 11.9. The second-order valence-electron chi connectivity index (χ2n) is 5.81. The van der Waals surface area contributed by atoms with E-state index in [1.54, 1.807) is 5.56 Å². The summed E-state index contributed by atoms with van der Waals surface area (Å²) >= 11 is 8.26. The molecule has 0 radical (unpaired) electrons. The fraction of sp³-hybridized carbons (Fsp3) is 0.600. The lowest BCUT2D eigenvalue weighted by Crippen LogP contribution is -2.24. The van der Waals surface area contributed by atoms with Crippen LogP contribution in [0.2, 0.25) is 0 Å². The fourth-order valence-electron chi connectivity index (χ4n) is 3.07. The summed E-state index contributed by atoms with van der Waals surface area (Å²) in [5.74, 6) is 3.68. The van der Waals surface area contributed by atoms with Gasteiger partial charge in [0.2, 0.25) is 0 Å². The fourth-order valence-corrected chi connectivity index (χ4v) is 4.65. The van der Waals surface area contributed by atoms with E-state index in [2.05, 4.69) is 31.2 Å². The average Bonchev–Trinajstić information content (AvgIpc) is 3.14. The molecule has 1 aliphatic heterocycles. The van der Waals surface area contributed by atoms with Gasteiger partial charge in [0.25, 0.3) is 0 Å². The van der Waals surface area contributed by atoms with Crippen LogP contribution in [0.5, 0.6) is 0 Å². The maximum atomic E-state index is 6.24. The Morgan fingerprint density at radius 2 is 2.12 bits per heavy atom. The summed E-state index contributed by atoms with van der Waals surface area (Å²) < 4.78 is 0. The second-order valence-corrected chi connectivity index (χ2v) is 7.14. The molecule has 1 aliphatic carbocycles. The summed E-state index contributed by atoms with van der Waals surface area (Å²) in [5, 5.41) is 0. The van der Waals surface area contributed by atoms with Crippen LogP contribution in [0.25, 0.3) is 0 Å². The molecule has 2 unspecified atom stereocenters. The summed E-state index contributed by atoms with van der Waals surface area (Å²) in [4.78, 5) is 1.49. The molecule has 3 rings (SSSR count). The highest BCUT2D eigenvalue weighted by Gasteiger charge is 2.43. The van der Waals surface area contributed by atoms with Crippen LogP contribution < -0.4 is 0 Å². The molecule has 2 heteroatoms. The number of fused-ring (bicyclic) bond motifs is 1. The third kappa shape index (κ3) is 2.24. The molecule has 0 N–H and O–H groups in total. The van der Waals surface area contributed by atoms with Crippen LogP contribution in [0.3, 0.4) is 0 Å². The first-order chi connectivity index (χ1) is 8.23. The first-order valence-electron chi connectivity index (χ1n) is 6.50. The Balaban J connectivity index is 1.78. The molecule has 2 aliphatic rings. The van der Waals surface area contributed by atoms with Gasteiger partial charge in [-0.2, -0.15) is 0 Å². The smallest absolute Gasteiger partial charge is 0.0280 e. The highest BCUT2D eigenvalue weighted by Crippen LogP contribution is 2.53. The van der Waals surface area contributed by atoms with Gasteiger partial charge in [-0.1, -0.05) is 25.1 Å². The Morgan fingerprint density at radius 3 is 2.82 bits per heavy atom. The van der Waals surface area contributed by atoms with Gasteiger partial charge in [0.15, 0.2) is 0 Å². The summed E-state index contributed by atoms with van der Waals surface area (Å²) in [7, 11) is 0. The topological polar surface area (TPSA) is 0 Å². The molecule has 1 heterocycles. The lowest BCUT2D eigenvalue weighted by molar-refractivity contribution is 0.271. The Hall–Kier alpha value is -0.140. The van der Waals surface area contributed by atoms with E-state index in [1.807, 2.05) is 11.8 Å². The van der Waals surface area contributed by atoms with Crippen molar-refractivity contribution in [1.82, 2.24) is 0 Å². The van der Waals surface area contributed by atoms with Gasteiger partial charge in [-0.15, -0.1) is 23.4 Å². The summed E-state index contributed by atoms with van der Waals surface area (Å²) in [6.45, 7) is 2.39. The van der Waals surface area contributed by atoms with E-state index in [1.165, 1.54) is 29.9 Å². The van der Waals surface area contributed by atoms with Gasteiger partial charge in [-0.05, 0) is 48.1 Å². The van der Waals surface area contributed by atoms with Crippen molar-refractivity contribution in [3.63, 3.8) is 0 Å². The van der Waals surface area contributed by atoms with Crippen molar-refractivity contribution >= 4 is 23.4 Å². The van der Waals surface area contributed by atoms with Gasteiger partial charge in [0.1, 0.15) is 0 Å². The average molecular weight is 267 g/mol. The van der Waals surface area contributed by atoms with Crippen molar-refractivity contribution in [3.8, 4) is 0 Å². The lowest BCUT2D eigenvalue weighted by atomic mass is 9.77. The van der Waals surface area contributed by atoms with Crippen molar-refractivity contribution in [1.29, 1.82) is 0 Å². The first-order valence-corrected chi connectivity index (χ1v) is 8.02. The Labute approximate surface area is 113 Å². The van der Waals surface area contributed by atoms with Crippen molar-refractivity contribution in [2.75, 3.05) is 11.6 Å². The molecule has 17 heavy (non-hydrogen) atoms. The standard InChI is InChI=1S/C15H19ClS/c1-15(10-16,12-6-7-12)8-11-9-17-14-5-3-2-4-13(11)14/h2-5,11-12H,6-10H2,1H3. The van der Waals surface area contributed by atoms with Gasteiger partial charge in [-0.3, -0.25) is 0 Å². The number of rotatable bonds is 4. The molecule has 1 aromatic carbocycles. The van der Waals surface area contributed by atoms with E-state index in [0.29, 0.717) is 5.41 Å². The molecule has 0 aromatic heterocycles. The number of hydrogen-bond acceptors (Lipinski definition) is 1. The van der Waals surface area contributed by atoms with E-state index in [0.717, 1.165) is 17.7 Å². The normalized spacial score (nSPS) is 26.6. The van der Waals surface area contributed by atoms with E-state index in [9.17, 15) is 0 Å². The van der Waals surface area contributed by atoms with Crippen LogP contribution in [0.15, 0.2) is 29.2 Å². The molecule has 2 atom stereocenters. The summed E-state index contributed by atoms with van der Waals surface area (Å²) in [5.41, 5.74) is 1.93. The minimum Gasteiger partial charge on any atom is -0.126 e. The van der Waals surface area contributed by atoms with Crippen LogP contribution in [-0.2, 0) is 0 Å². The highest BCUT2D eigenvalue weighted by atomic mass is 35.5. The van der Waals surface area contributed by atoms with Gasteiger partial charge in [-0.25, -0.2) is 0 Å². The zero-order valence-corrected chi connectivity index (χ0v) is 11.9. The minimum atomic E-state index is 0.365. The molecule has 0 amide bonds. The Kier molecular flexibility index (Phi) is 3.16. The quantitative estimate of drug-likeness (QED) is 0.697. The van der Waals surface area contributed by atoms with Crippen molar-refractivity contribution in [3.05, 3.63) is 29.8 Å².